The predicted molar refractivity (Wildman–Crippen MR) is 115 cm³/mol. The topological polar surface area (TPSA) is 99.0 Å². The number of nitrogens with zero attached hydrogens (tertiary/aromatic N) is 3. The average Bonchev–Trinajstić information content (AvgIpc) is 2.98. The Morgan fingerprint density at radius 1 is 1.07 bits per heavy atom. The Balaban J connectivity index is 0.00000150. The number of carbonyl (C=O) groups excluding carboxylic acids is 3. The lowest BCUT2D eigenvalue weighted by atomic mass is 10.0. The molecule has 0 bridgehead atoms. The van der Waals surface area contributed by atoms with Crippen LogP contribution in [0.15, 0.2) is 18.2 Å². The van der Waals surface area contributed by atoms with Crippen LogP contribution in [0.25, 0.3) is 0 Å². The van der Waals surface area contributed by atoms with E-state index < -0.39 is 6.04 Å². The molecule has 0 aliphatic carbocycles. The van der Waals surface area contributed by atoms with Crippen LogP contribution in [0, 0.1) is 0 Å². The first kappa shape index (κ1) is 23.4. The SMILES string of the molecule is Cl.Cl.NCCN1CCN(c2ccc3c(c2)CN(C2CCC(=O)NC2=O)C3=O)CC1. The van der Waals surface area contributed by atoms with Crippen LogP contribution in [0.4, 0.5) is 5.69 Å². The van der Waals surface area contributed by atoms with Crippen LogP contribution in [0.1, 0.15) is 28.8 Å². The number of halogens is 2. The van der Waals surface area contributed by atoms with Crippen molar-refractivity contribution in [1.82, 2.24) is 15.1 Å². The van der Waals surface area contributed by atoms with E-state index in [9.17, 15) is 14.4 Å². The van der Waals surface area contributed by atoms with E-state index in [1.807, 2.05) is 12.1 Å². The van der Waals surface area contributed by atoms with Crippen molar-refractivity contribution in [3.8, 4) is 0 Å². The molecule has 3 amide bonds. The van der Waals surface area contributed by atoms with Gasteiger partial charge in [-0.2, -0.15) is 0 Å². The minimum Gasteiger partial charge on any atom is -0.369 e. The standard InChI is InChI=1S/C19H25N5O3.2ClH/c20-5-6-22-7-9-23(10-8-22)14-1-2-15-13(11-14)12-24(19(15)27)16-3-4-17(25)21-18(16)26;;/h1-2,11,16H,3-10,12,20H2,(H,21,25,26);2*1H. The molecule has 160 valence electrons. The van der Waals surface area contributed by atoms with Crippen LogP contribution >= 0.6 is 24.8 Å². The zero-order valence-corrected chi connectivity index (χ0v) is 17.8. The third-order valence-electron chi connectivity index (χ3n) is 5.69. The van der Waals surface area contributed by atoms with E-state index in [1.54, 1.807) is 4.90 Å². The Bertz CT molecular complexity index is 783. The summed E-state index contributed by atoms with van der Waals surface area (Å²) in [6.45, 7) is 5.85. The summed E-state index contributed by atoms with van der Waals surface area (Å²) in [6, 6.07) is 5.36. The van der Waals surface area contributed by atoms with Gasteiger partial charge in [-0.15, -0.1) is 24.8 Å². The smallest absolute Gasteiger partial charge is 0.255 e. The van der Waals surface area contributed by atoms with Gasteiger partial charge in [0.15, 0.2) is 0 Å². The lowest BCUT2D eigenvalue weighted by Crippen LogP contribution is -2.52. The summed E-state index contributed by atoms with van der Waals surface area (Å²) >= 11 is 0. The molecular formula is C19H27Cl2N5O3. The first-order valence-corrected chi connectivity index (χ1v) is 9.52. The van der Waals surface area contributed by atoms with Gasteiger partial charge in [0, 0.05) is 63.5 Å². The molecule has 4 rings (SSSR count). The molecule has 0 radical (unpaired) electrons. The van der Waals surface area contributed by atoms with E-state index in [2.05, 4.69) is 21.2 Å². The van der Waals surface area contributed by atoms with Gasteiger partial charge in [-0.25, -0.2) is 0 Å². The molecule has 29 heavy (non-hydrogen) atoms. The summed E-state index contributed by atoms with van der Waals surface area (Å²) in [7, 11) is 0. The van der Waals surface area contributed by atoms with Crippen LogP contribution in [0.5, 0.6) is 0 Å². The molecule has 3 heterocycles. The molecule has 1 aromatic rings. The highest BCUT2D eigenvalue weighted by Crippen LogP contribution is 2.30. The molecular weight excluding hydrogens is 417 g/mol. The quantitative estimate of drug-likeness (QED) is 0.652. The van der Waals surface area contributed by atoms with Gasteiger partial charge in [0.1, 0.15) is 6.04 Å². The highest BCUT2D eigenvalue weighted by atomic mass is 35.5. The number of hydrogen-bond donors (Lipinski definition) is 2. The maximum Gasteiger partial charge on any atom is 0.255 e. The minimum atomic E-state index is -0.564. The van der Waals surface area contributed by atoms with Crippen LogP contribution in [0.3, 0.4) is 0 Å². The van der Waals surface area contributed by atoms with Crippen LogP contribution in [0.2, 0.25) is 0 Å². The third-order valence-corrected chi connectivity index (χ3v) is 5.69. The van der Waals surface area contributed by atoms with Gasteiger partial charge in [-0.3, -0.25) is 24.6 Å². The zero-order chi connectivity index (χ0) is 19.0. The molecule has 0 aromatic heterocycles. The summed E-state index contributed by atoms with van der Waals surface area (Å²) in [5, 5.41) is 2.34. The van der Waals surface area contributed by atoms with Crippen LogP contribution < -0.4 is 16.0 Å². The fraction of sp³-hybridized carbons (Fsp3) is 0.526. The molecule has 8 nitrogen and oxygen atoms in total. The molecule has 1 atom stereocenters. The third kappa shape index (κ3) is 4.66. The maximum absolute atomic E-state index is 12.8. The number of anilines is 1. The Kier molecular flexibility index (Phi) is 7.87. The van der Waals surface area contributed by atoms with Gasteiger partial charge in [0.05, 0.1) is 0 Å². The van der Waals surface area contributed by atoms with E-state index in [0.29, 0.717) is 25.1 Å². The van der Waals surface area contributed by atoms with E-state index >= 15 is 0 Å². The van der Waals surface area contributed by atoms with Gasteiger partial charge in [0.2, 0.25) is 11.8 Å². The zero-order valence-electron chi connectivity index (χ0n) is 16.1. The van der Waals surface area contributed by atoms with E-state index in [-0.39, 0.29) is 49.0 Å². The Hall–Kier alpha value is -1.87. The molecule has 3 N–H and O–H groups in total. The fourth-order valence-electron chi connectivity index (χ4n) is 4.17. The van der Waals surface area contributed by atoms with Crippen molar-refractivity contribution in [2.24, 2.45) is 5.73 Å². The van der Waals surface area contributed by atoms with Gasteiger partial charge < -0.3 is 15.5 Å². The van der Waals surface area contributed by atoms with Crippen LogP contribution in [-0.4, -0.2) is 72.8 Å². The van der Waals surface area contributed by atoms with Crippen molar-refractivity contribution in [2.45, 2.75) is 25.4 Å². The Morgan fingerprint density at radius 3 is 2.45 bits per heavy atom. The monoisotopic (exact) mass is 443 g/mol. The van der Waals surface area contributed by atoms with Crippen molar-refractivity contribution >= 4 is 48.2 Å². The molecule has 1 unspecified atom stereocenters. The van der Waals surface area contributed by atoms with E-state index in [0.717, 1.165) is 44.0 Å². The normalized spacial score (nSPS) is 22.0. The number of carbonyl (C=O) groups is 3. The van der Waals surface area contributed by atoms with Crippen molar-refractivity contribution in [3.63, 3.8) is 0 Å². The lowest BCUT2D eigenvalue weighted by molar-refractivity contribution is -0.136. The number of fused-ring (bicyclic) bond motifs is 1. The summed E-state index contributed by atoms with van der Waals surface area (Å²) < 4.78 is 0. The van der Waals surface area contributed by atoms with Crippen molar-refractivity contribution in [3.05, 3.63) is 29.3 Å². The summed E-state index contributed by atoms with van der Waals surface area (Å²) in [5.74, 6) is -0.765. The lowest BCUT2D eigenvalue weighted by Gasteiger charge is -2.36. The predicted octanol–water partition coefficient (Wildman–Crippen LogP) is 0.372. The summed E-state index contributed by atoms with van der Waals surface area (Å²) in [5.41, 5.74) is 8.35. The molecule has 3 aliphatic heterocycles. The molecule has 0 spiro atoms. The summed E-state index contributed by atoms with van der Waals surface area (Å²) in [6.07, 6.45) is 0.662. The number of piperazine rings is 1. The average molecular weight is 444 g/mol. The highest BCUT2D eigenvalue weighted by molar-refractivity contribution is 6.05. The van der Waals surface area contributed by atoms with Crippen molar-refractivity contribution < 1.29 is 14.4 Å². The summed E-state index contributed by atoms with van der Waals surface area (Å²) in [4.78, 5) is 42.5. The first-order chi connectivity index (χ1) is 13.1. The fourth-order valence-corrected chi connectivity index (χ4v) is 4.17. The number of piperidine rings is 1. The molecule has 0 saturated carbocycles. The molecule has 10 heteroatoms. The number of benzene rings is 1. The molecule has 1 aromatic carbocycles. The first-order valence-electron chi connectivity index (χ1n) is 9.52. The second-order valence-corrected chi connectivity index (χ2v) is 7.36. The van der Waals surface area contributed by atoms with Gasteiger partial charge in [-0.1, -0.05) is 0 Å². The van der Waals surface area contributed by atoms with Crippen molar-refractivity contribution in [1.29, 1.82) is 0 Å². The molecule has 2 fully saturated rings. The molecule has 3 aliphatic rings. The number of rotatable bonds is 4. The largest absolute Gasteiger partial charge is 0.369 e. The van der Waals surface area contributed by atoms with Gasteiger partial charge in [-0.05, 0) is 30.2 Å². The maximum atomic E-state index is 12.8. The second-order valence-electron chi connectivity index (χ2n) is 7.36. The second kappa shape index (κ2) is 9.75. The number of nitrogens with two attached hydrogens (primary N) is 1. The molecule has 2 saturated heterocycles. The number of nitrogens with one attached hydrogen (secondary N) is 1. The van der Waals surface area contributed by atoms with Gasteiger partial charge in [0.25, 0.3) is 5.91 Å². The Morgan fingerprint density at radius 2 is 1.79 bits per heavy atom. The Labute approximate surface area is 182 Å². The van der Waals surface area contributed by atoms with E-state index in [1.165, 1.54) is 0 Å². The number of hydrogen-bond acceptors (Lipinski definition) is 6. The van der Waals surface area contributed by atoms with Crippen molar-refractivity contribution in [2.75, 3.05) is 44.2 Å². The van der Waals surface area contributed by atoms with E-state index in [4.69, 9.17) is 5.73 Å². The number of imide groups is 1. The van der Waals surface area contributed by atoms with Crippen LogP contribution in [-0.2, 0) is 16.1 Å². The minimum absolute atomic E-state index is 0. The highest BCUT2D eigenvalue weighted by Gasteiger charge is 2.39. The van der Waals surface area contributed by atoms with Gasteiger partial charge >= 0.3 is 0 Å². The number of amides is 3.